The molecule has 0 aliphatic carbocycles. The summed E-state index contributed by atoms with van der Waals surface area (Å²) in [6, 6.07) is 4.12. The van der Waals surface area contributed by atoms with Crippen LogP contribution in [0.3, 0.4) is 0 Å². The van der Waals surface area contributed by atoms with Crippen molar-refractivity contribution in [3.05, 3.63) is 39.9 Å². The molecule has 0 bridgehead atoms. The fourth-order valence-corrected chi connectivity index (χ4v) is 2.15. The highest BCUT2D eigenvalue weighted by Gasteiger charge is 2.30. The van der Waals surface area contributed by atoms with Gasteiger partial charge >= 0.3 is 6.18 Å². The van der Waals surface area contributed by atoms with E-state index in [-0.39, 0.29) is 21.0 Å². The molecule has 0 atom stereocenters. The zero-order chi connectivity index (χ0) is 14.0. The van der Waals surface area contributed by atoms with Crippen molar-refractivity contribution in [2.45, 2.75) is 6.18 Å². The lowest BCUT2D eigenvalue weighted by Gasteiger charge is -2.07. The molecule has 2 rings (SSSR count). The quantitative estimate of drug-likeness (QED) is 0.788. The second-order valence-electron chi connectivity index (χ2n) is 3.38. The van der Waals surface area contributed by atoms with Gasteiger partial charge in [-0.05, 0) is 24.3 Å². The number of nitrogens with zero attached hydrogens (tertiary/aromatic N) is 1. The smallest absolute Gasteiger partial charge is 0.416 e. The predicted octanol–water partition coefficient (Wildman–Crippen LogP) is 4.42. The average Bonchev–Trinajstić information content (AvgIpc) is 2.69. The Labute approximate surface area is 114 Å². The molecule has 19 heavy (non-hydrogen) atoms. The SMILES string of the molecule is O=Cc1sc(Oc2ccc(C(F)(F)F)cc2)nc1Cl. The monoisotopic (exact) mass is 307 g/mol. The average molecular weight is 308 g/mol. The number of ether oxygens (including phenoxy) is 1. The van der Waals surface area contributed by atoms with Gasteiger partial charge in [-0.3, -0.25) is 4.79 Å². The van der Waals surface area contributed by atoms with E-state index in [9.17, 15) is 18.0 Å². The summed E-state index contributed by atoms with van der Waals surface area (Å²) in [5.74, 6) is 0.177. The van der Waals surface area contributed by atoms with E-state index in [4.69, 9.17) is 16.3 Å². The first-order valence-electron chi connectivity index (χ1n) is 4.87. The Morgan fingerprint density at radius 1 is 1.26 bits per heavy atom. The molecule has 3 nitrogen and oxygen atoms in total. The molecule has 0 fully saturated rings. The fourth-order valence-electron chi connectivity index (χ4n) is 1.22. The van der Waals surface area contributed by atoms with Crippen molar-refractivity contribution in [3.8, 4) is 10.9 Å². The van der Waals surface area contributed by atoms with Crippen LogP contribution in [-0.4, -0.2) is 11.3 Å². The van der Waals surface area contributed by atoms with Gasteiger partial charge in [0.15, 0.2) is 11.4 Å². The lowest BCUT2D eigenvalue weighted by atomic mass is 10.2. The van der Waals surface area contributed by atoms with Crippen molar-refractivity contribution < 1.29 is 22.7 Å². The van der Waals surface area contributed by atoms with Crippen LogP contribution < -0.4 is 4.74 Å². The van der Waals surface area contributed by atoms with Crippen molar-refractivity contribution in [3.63, 3.8) is 0 Å². The third kappa shape index (κ3) is 3.24. The van der Waals surface area contributed by atoms with Crippen LogP contribution in [0, 0.1) is 0 Å². The summed E-state index contributed by atoms with van der Waals surface area (Å²) in [5.41, 5.74) is -0.773. The van der Waals surface area contributed by atoms with Crippen LogP contribution in [0.2, 0.25) is 5.15 Å². The fraction of sp³-hybridized carbons (Fsp3) is 0.0909. The molecule has 0 unspecified atom stereocenters. The van der Waals surface area contributed by atoms with Crippen molar-refractivity contribution >= 4 is 29.2 Å². The topological polar surface area (TPSA) is 39.2 Å². The van der Waals surface area contributed by atoms with Gasteiger partial charge < -0.3 is 4.74 Å². The molecular weight excluding hydrogens is 303 g/mol. The standard InChI is InChI=1S/C11H5ClF3NO2S/c12-9-8(5-17)19-10(16-9)18-7-3-1-6(2-4-7)11(13,14)15/h1-5H. The highest BCUT2D eigenvalue weighted by molar-refractivity contribution is 7.15. The Kier molecular flexibility index (Phi) is 3.77. The highest BCUT2D eigenvalue weighted by atomic mass is 35.5. The number of hydrogen-bond acceptors (Lipinski definition) is 4. The lowest BCUT2D eigenvalue weighted by Crippen LogP contribution is -2.03. The van der Waals surface area contributed by atoms with Gasteiger partial charge in [-0.1, -0.05) is 22.9 Å². The number of aldehydes is 1. The van der Waals surface area contributed by atoms with Crippen molar-refractivity contribution in [1.29, 1.82) is 0 Å². The molecule has 0 saturated carbocycles. The summed E-state index contributed by atoms with van der Waals surface area (Å²) in [6.07, 6.45) is -3.87. The summed E-state index contributed by atoms with van der Waals surface area (Å²) in [7, 11) is 0. The van der Waals surface area contributed by atoms with Gasteiger partial charge in [-0.2, -0.15) is 18.2 Å². The first-order chi connectivity index (χ1) is 8.90. The van der Waals surface area contributed by atoms with E-state index >= 15 is 0 Å². The van der Waals surface area contributed by atoms with Crippen molar-refractivity contribution in [2.75, 3.05) is 0 Å². The molecule has 0 aliphatic rings. The summed E-state index contributed by atoms with van der Waals surface area (Å²) >= 11 is 6.54. The molecule has 100 valence electrons. The number of benzene rings is 1. The minimum absolute atomic E-state index is 0.00177. The van der Waals surface area contributed by atoms with Gasteiger partial charge in [-0.15, -0.1) is 0 Å². The van der Waals surface area contributed by atoms with Gasteiger partial charge in [-0.25, -0.2) is 0 Å². The van der Waals surface area contributed by atoms with E-state index in [1.807, 2.05) is 0 Å². The molecule has 0 saturated heterocycles. The van der Waals surface area contributed by atoms with E-state index in [1.165, 1.54) is 12.1 Å². The maximum atomic E-state index is 12.3. The number of thiazole rings is 1. The second kappa shape index (κ2) is 5.18. The Morgan fingerprint density at radius 2 is 1.89 bits per heavy atom. The molecule has 0 spiro atoms. The normalized spacial score (nSPS) is 11.4. The Balaban J connectivity index is 2.17. The molecular formula is C11H5ClF3NO2S. The zero-order valence-corrected chi connectivity index (χ0v) is 10.6. The largest absolute Gasteiger partial charge is 0.431 e. The summed E-state index contributed by atoms with van der Waals surface area (Å²) in [4.78, 5) is 14.5. The van der Waals surface area contributed by atoms with Crippen LogP contribution in [0.5, 0.6) is 10.9 Å². The van der Waals surface area contributed by atoms with Gasteiger partial charge in [0, 0.05) is 0 Å². The van der Waals surface area contributed by atoms with Gasteiger partial charge in [0.05, 0.1) is 5.56 Å². The van der Waals surface area contributed by atoms with Crippen LogP contribution in [0.25, 0.3) is 0 Å². The first kappa shape index (κ1) is 13.8. The van der Waals surface area contributed by atoms with Crippen LogP contribution in [0.15, 0.2) is 24.3 Å². The van der Waals surface area contributed by atoms with Gasteiger partial charge in [0.25, 0.3) is 5.19 Å². The second-order valence-corrected chi connectivity index (χ2v) is 4.73. The molecule has 8 heteroatoms. The van der Waals surface area contributed by atoms with E-state index in [1.54, 1.807) is 0 Å². The van der Waals surface area contributed by atoms with Crippen LogP contribution in [-0.2, 0) is 6.18 Å². The third-order valence-corrected chi connectivity index (χ3v) is 3.34. The van der Waals surface area contributed by atoms with E-state index in [2.05, 4.69) is 4.98 Å². The molecule has 1 aromatic heterocycles. The Hall–Kier alpha value is -1.60. The number of hydrogen-bond donors (Lipinski definition) is 0. The first-order valence-corrected chi connectivity index (χ1v) is 6.06. The third-order valence-electron chi connectivity index (χ3n) is 2.08. The Bertz CT molecular complexity index is 595. The van der Waals surface area contributed by atoms with E-state index in [0.717, 1.165) is 23.5 Å². The van der Waals surface area contributed by atoms with Crippen LogP contribution in [0.1, 0.15) is 15.2 Å². The maximum absolute atomic E-state index is 12.3. The molecule has 1 aromatic carbocycles. The maximum Gasteiger partial charge on any atom is 0.416 e. The minimum atomic E-state index is -4.40. The van der Waals surface area contributed by atoms with Gasteiger partial charge in [0.1, 0.15) is 10.6 Å². The Morgan fingerprint density at radius 3 is 2.37 bits per heavy atom. The van der Waals surface area contributed by atoms with E-state index < -0.39 is 11.7 Å². The lowest BCUT2D eigenvalue weighted by molar-refractivity contribution is -0.137. The molecule has 1 heterocycles. The summed E-state index contributed by atoms with van der Waals surface area (Å²) in [5, 5.41) is 0.0915. The van der Waals surface area contributed by atoms with Crippen molar-refractivity contribution in [2.24, 2.45) is 0 Å². The minimum Gasteiger partial charge on any atom is -0.431 e. The number of carbonyl (C=O) groups excluding carboxylic acids is 1. The van der Waals surface area contributed by atoms with E-state index in [0.29, 0.717) is 6.29 Å². The predicted molar refractivity (Wildman–Crippen MR) is 64.0 cm³/mol. The number of aromatic nitrogens is 1. The number of halogens is 4. The molecule has 0 radical (unpaired) electrons. The summed E-state index contributed by atoms with van der Waals surface area (Å²) < 4.78 is 42.2. The molecule has 0 N–H and O–H groups in total. The van der Waals surface area contributed by atoms with Gasteiger partial charge in [0.2, 0.25) is 0 Å². The summed E-state index contributed by atoms with van der Waals surface area (Å²) in [6.45, 7) is 0. The van der Waals surface area contributed by atoms with Crippen LogP contribution in [0.4, 0.5) is 13.2 Å². The zero-order valence-electron chi connectivity index (χ0n) is 9.07. The van der Waals surface area contributed by atoms with Crippen LogP contribution >= 0.6 is 22.9 Å². The van der Waals surface area contributed by atoms with Crippen molar-refractivity contribution in [1.82, 2.24) is 4.98 Å². The highest BCUT2D eigenvalue weighted by Crippen LogP contribution is 2.33. The molecule has 0 aliphatic heterocycles. The number of carbonyl (C=O) groups is 1. The number of rotatable bonds is 3. The molecule has 2 aromatic rings. The molecule has 0 amide bonds. The number of alkyl halides is 3.